The summed E-state index contributed by atoms with van der Waals surface area (Å²) in [7, 11) is 0. The van der Waals surface area contributed by atoms with Crippen molar-refractivity contribution in [2.45, 2.75) is 25.4 Å². The fourth-order valence-corrected chi connectivity index (χ4v) is 2.29. The van der Waals surface area contributed by atoms with Gasteiger partial charge < -0.3 is 20.5 Å². The molecule has 110 valence electrons. The van der Waals surface area contributed by atoms with Crippen molar-refractivity contribution in [1.82, 2.24) is 0 Å². The number of carbonyl (C=O) groups excluding carboxylic acids is 1. The van der Waals surface area contributed by atoms with Gasteiger partial charge in [0.25, 0.3) is 0 Å². The highest BCUT2D eigenvalue weighted by atomic mass is 16.5. The molecule has 5 heteroatoms. The summed E-state index contributed by atoms with van der Waals surface area (Å²) >= 11 is 0. The topological polar surface area (TPSA) is 73.6 Å². The second-order valence-electron chi connectivity index (χ2n) is 5.21. The van der Waals surface area contributed by atoms with Crippen LogP contribution in [0.4, 0.5) is 5.69 Å². The van der Waals surface area contributed by atoms with E-state index in [1.807, 2.05) is 31.2 Å². The molecule has 1 aromatic rings. The molecule has 1 saturated heterocycles. The van der Waals surface area contributed by atoms with Crippen LogP contribution in [-0.2, 0) is 14.3 Å². The molecule has 2 rings (SSSR count). The van der Waals surface area contributed by atoms with Crippen molar-refractivity contribution in [1.29, 1.82) is 0 Å². The molecule has 0 saturated carbocycles. The van der Waals surface area contributed by atoms with E-state index in [0.29, 0.717) is 19.8 Å². The lowest BCUT2D eigenvalue weighted by atomic mass is 9.94. The van der Waals surface area contributed by atoms with Crippen LogP contribution < -0.4 is 11.1 Å². The number of nitrogens with one attached hydrogen (secondary N) is 1. The van der Waals surface area contributed by atoms with E-state index in [-0.39, 0.29) is 12.5 Å². The number of anilines is 1. The van der Waals surface area contributed by atoms with Crippen LogP contribution in [0.5, 0.6) is 0 Å². The van der Waals surface area contributed by atoms with Gasteiger partial charge in [0, 0.05) is 38.3 Å². The van der Waals surface area contributed by atoms with Crippen LogP contribution in [0.25, 0.3) is 0 Å². The Kier molecular flexibility index (Phi) is 5.11. The lowest BCUT2D eigenvalue weighted by Gasteiger charge is -2.35. The Hall–Kier alpha value is -1.43. The first kappa shape index (κ1) is 15.0. The molecular weight excluding hydrogens is 256 g/mol. The maximum atomic E-state index is 11.9. The van der Waals surface area contributed by atoms with Crippen LogP contribution in [0.1, 0.15) is 18.4 Å². The zero-order chi connectivity index (χ0) is 14.4. The fraction of sp³-hybridized carbons (Fsp3) is 0.533. The fourth-order valence-electron chi connectivity index (χ4n) is 2.29. The summed E-state index contributed by atoms with van der Waals surface area (Å²) in [4.78, 5) is 11.9. The van der Waals surface area contributed by atoms with E-state index in [1.165, 1.54) is 0 Å². The van der Waals surface area contributed by atoms with Crippen molar-refractivity contribution < 1.29 is 14.3 Å². The van der Waals surface area contributed by atoms with Gasteiger partial charge in [0.05, 0.1) is 5.60 Å². The Labute approximate surface area is 119 Å². The molecule has 0 unspecified atom stereocenters. The molecule has 1 heterocycles. The molecule has 0 bridgehead atoms. The van der Waals surface area contributed by atoms with Crippen LogP contribution >= 0.6 is 0 Å². The van der Waals surface area contributed by atoms with Crippen molar-refractivity contribution in [2.24, 2.45) is 5.73 Å². The van der Waals surface area contributed by atoms with Crippen LogP contribution in [0.15, 0.2) is 24.3 Å². The smallest absolute Gasteiger partial charge is 0.250 e. The van der Waals surface area contributed by atoms with E-state index in [9.17, 15) is 4.79 Å². The largest absolute Gasteiger partial charge is 0.381 e. The number of hydrogen-bond acceptors (Lipinski definition) is 4. The average Bonchev–Trinajstić information content (AvgIpc) is 2.46. The molecule has 0 atom stereocenters. The minimum Gasteiger partial charge on any atom is -0.381 e. The maximum absolute atomic E-state index is 11.9. The number of carbonyl (C=O) groups is 1. The lowest BCUT2D eigenvalue weighted by molar-refractivity contribution is -0.137. The van der Waals surface area contributed by atoms with Crippen molar-refractivity contribution in [3.63, 3.8) is 0 Å². The summed E-state index contributed by atoms with van der Waals surface area (Å²) in [5.41, 5.74) is 7.26. The summed E-state index contributed by atoms with van der Waals surface area (Å²) in [6, 6.07) is 7.67. The Bertz CT molecular complexity index is 456. The Morgan fingerprint density at radius 2 is 2.20 bits per heavy atom. The molecule has 1 aromatic carbocycles. The first-order valence-corrected chi connectivity index (χ1v) is 6.92. The number of nitrogens with two attached hydrogens (primary N) is 1. The molecule has 0 spiro atoms. The molecule has 5 nitrogen and oxygen atoms in total. The van der Waals surface area contributed by atoms with Gasteiger partial charge in [-0.3, -0.25) is 4.79 Å². The zero-order valence-electron chi connectivity index (χ0n) is 11.9. The standard InChI is InChI=1S/C15H22N2O3/c1-12-3-2-4-13(9-12)17-14(18)10-20-15(11-16)5-7-19-8-6-15/h2-4,9H,5-8,10-11,16H2,1H3,(H,17,18). The Morgan fingerprint density at radius 3 is 2.85 bits per heavy atom. The van der Waals surface area contributed by atoms with E-state index in [1.54, 1.807) is 0 Å². The van der Waals surface area contributed by atoms with Crippen LogP contribution in [0.2, 0.25) is 0 Å². The maximum Gasteiger partial charge on any atom is 0.250 e. The molecule has 3 N–H and O–H groups in total. The van der Waals surface area contributed by atoms with E-state index >= 15 is 0 Å². The minimum atomic E-state index is -0.414. The van der Waals surface area contributed by atoms with E-state index in [4.69, 9.17) is 15.2 Å². The third-order valence-corrected chi connectivity index (χ3v) is 3.59. The van der Waals surface area contributed by atoms with Gasteiger partial charge in [-0.2, -0.15) is 0 Å². The van der Waals surface area contributed by atoms with E-state index in [0.717, 1.165) is 24.1 Å². The lowest BCUT2D eigenvalue weighted by Crippen LogP contribution is -2.46. The molecule has 0 aliphatic carbocycles. The van der Waals surface area contributed by atoms with E-state index < -0.39 is 5.60 Å². The van der Waals surface area contributed by atoms with Crippen molar-refractivity contribution in [2.75, 3.05) is 31.7 Å². The number of ether oxygens (including phenoxy) is 2. The molecule has 0 aromatic heterocycles. The number of benzene rings is 1. The van der Waals surface area contributed by atoms with Crippen LogP contribution in [-0.4, -0.2) is 37.9 Å². The van der Waals surface area contributed by atoms with Crippen molar-refractivity contribution >= 4 is 11.6 Å². The molecule has 1 amide bonds. The van der Waals surface area contributed by atoms with Crippen LogP contribution in [0.3, 0.4) is 0 Å². The number of hydrogen-bond donors (Lipinski definition) is 2. The third kappa shape index (κ3) is 4.03. The third-order valence-electron chi connectivity index (χ3n) is 3.59. The number of aryl methyl sites for hydroxylation is 1. The highest BCUT2D eigenvalue weighted by molar-refractivity contribution is 5.91. The summed E-state index contributed by atoms with van der Waals surface area (Å²) in [5.74, 6) is -0.157. The zero-order valence-corrected chi connectivity index (χ0v) is 11.9. The van der Waals surface area contributed by atoms with Crippen molar-refractivity contribution in [3.05, 3.63) is 29.8 Å². The second-order valence-corrected chi connectivity index (χ2v) is 5.21. The Balaban J connectivity index is 1.85. The van der Waals surface area contributed by atoms with Gasteiger partial charge in [0.2, 0.25) is 5.91 Å². The molecule has 0 radical (unpaired) electrons. The molecule has 1 aliphatic rings. The summed E-state index contributed by atoms with van der Waals surface area (Å²) in [6.07, 6.45) is 1.47. The molecule has 1 fully saturated rings. The average molecular weight is 278 g/mol. The number of rotatable bonds is 5. The highest BCUT2D eigenvalue weighted by Gasteiger charge is 2.32. The van der Waals surface area contributed by atoms with Gasteiger partial charge in [-0.15, -0.1) is 0 Å². The summed E-state index contributed by atoms with van der Waals surface area (Å²) in [5, 5.41) is 2.83. The first-order chi connectivity index (χ1) is 9.63. The number of amides is 1. The van der Waals surface area contributed by atoms with Gasteiger partial charge in [0.15, 0.2) is 0 Å². The van der Waals surface area contributed by atoms with Gasteiger partial charge in [0.1, 0.15) is 6.61 Å². The van der Waals surface area contributed by atoms with Gasteiger partial charge >= 0.3 is 0 Å². The molecule has 1 aliphatic heterocycles. The second kappa shape index (κ2) is 6.83. The van der Waals surface area contributed by atoms with E-state index in [2.05, 4.69) is 5.32 Å². The summed E-state index contributed by atoms with van der Waals surface area (Å²) < 4.78 is 11.1. The molecule has 20 heavy (non-hydrogen) atoms. The van der Waals surface area contributed by atoms with Crippen molar-refractivity contribution in [3.8, 4) is 0 Å². The summed E-state index contributed by atoms with van der Waals surface area (Å²) in [6.45, 7) is 3.68. The Morgan fingerprint density at radius 1 is 1.45 bits per heavy atom. The monoisotopic (exact) mass is 278 g/mol. The SMILES string of the molecule is Cc1cccc(NC(=O)COC2(CN)CCOCC2)c1. The van der Waals surface area contributed by atoms with Crippen LogP contribution in [0, 0.1) is 6.92 Å². The predicted octanol–water partition coefficient (Wildman–Crippen LogP) is 1.46. The normalized spacial score (nSPS) is 17.7. The van der Waals surface area contributed by atoms with Gasteiger partial charge in [-0.25, -0.2) is 0 Å². The van der Waals surface area contributed by atoms with Gasteiger partial charge in [-0.1, -0.05) is 12.1 Å². The predicted molar refractivity (Wildman–Crippen MR) is 77.6 cm³/mol. The van der Waals surface area contributed by atoms with Gasteiger partial charge in [-0.05, 0) is 24.6 Å². The minimum absolute atomic E-state index is 0.0190. The quantitative estimate of drug-likeness (QED) is 0.855. The first-order valence-electron chi connectivity index (χ1n) is 6.92. The highest BCUT2D eigenvalue weighted by Crippen LogP contribution is 2.23. The molecular formula is C15H22N2O3.